The Morgan fingerprint density at radius 2 is 1.90 bits per heavy atom. The van der Waals surface area contributed by atoms with Crippen LogP contribution in [0.15, 0.2) is 0 Å². The number of hydrogen-bond donors (Lipinski definition) is 4. The average Bonchev–Trinajstić information content (AvgIpc) is 2.89. The molecule has 114 valence electrons. The summed E-state index contributed by atoms with van der Waals surface area (Å²) in [5.41, 5.74) is 5.88. The van der Waals surface area contributed by atoms with Crippen LogP contribution in [0.5, 0.6) is 0 Å². The minimum absolute atomic E-state index is 0.00453. The van der Waals surface area contributed by atoms with Crippen molar-refractivity contribution in [3.63, 3.8) is 0 Å². The van der Waals surface area contributed by atoms with Crippen LogP contribution in [0.4, 0.5) is 5.95 Å². The van der Waals surface area contributed by atoms with Crippen molar-refractivity contribution in [2.75, 3.05) is 12.3 Å². The Bertz CT molecular complexity index is 696. The Hall–Kier alpha value is -1.23. The predicted molar refractivity (Wildman–Crippen MR) is 72.8 cm³/mol. The standard InChI is InChI=1S/C10H11Cl2N5O4/c11-6-3-7(16-10(13)15-6)17(9(12)14-3)8-5(20)4(19)2(1-18)21-8/h2,4-5,8,18-20H,1H2,(H2,13,15,16)/t2-,4-,5+,8-/m1/s1. The number of anilines is 1. The maximum absolute atomic E-state index is 10.1. The number of hydrogen-bond acceptors (Lipinski definition) is 8. The van der Waals surface area contributed by atoms with Gasteiger partial charge in [-0.05, 0) is 11.6 Å². The van der Waals surface area contributed by atoms with Gasteiger partial charge >= 0.3 is 0 Å². The van der Waals surface area contributed by atoms with Crippen molar-refractivity contribution in [1.82, 2.24) is 19.5 Å². The van der Waals surface area contributed by atoms with Gasteiger partial charge in [0, 0.05) is 0 Å². The quantitative estimate of drug-likeness (QED) is 0.418. The fourth-order valence-electron chi connectivity index (χ4n) is 2.25. The van der Waals surface area contributed by atoms with Crippen LogP contribution >= 0.6 is 23.2 Å². The van der Waals surface area contributed by atoms with E-state index in [0.717, 1.165) is 0 Å². The lowest BCUT2D eigenvalue weighted by molar-refractivity contribution is -0.0509. The monoisotopic (exact) mass is 335 g/mol. The maximum atomic E-state index is 10.1. The SMILES string of the molecule is Nc1nc(Cl)c2nc(Cl)n([C@@H]3O[C@H](CO)[C@@H](O)[C@@H]3O)c2n1. The molecule has 4 atom stereocenters. The van der Waals surface area contributed by atoms with Crippen molar-refractivity contribution in [2.45, 2.75) is 24.5 Å². The van der Waals surface area contributed by atoms with E-state index >= 15 is 0 Å². The largest absolute Gasteiger partial charge is 0.394 e. The van der Waals surface area contributed by atoms with Crippen molar-refractivity contribution in [3.05, 3.63) is 10.4 Å². The zero-order valence-corrected chi connectivity index (χ0v) is 11.9. The van der Waals surface area contributed by atoms with Crippen molar-refractivity contribution in [1.29, 1.82) is 0 Å². The molecule has 0 radical (unpaired) electrons. The Kier molecular flexibility index (Phi) is 3.64. The highest BCUT2D eigenvalue weighted by atomic mass is 35.5. The number of imidazole rings is 1. The third-order valence-electron chi connectivity index (χ3n) is 3.24. The first-order valence-electron chi connectivity index (χ1n) is 5.93. The van der Waals surface area contributed by atoms with Gasteiger partial charge in [0.15, 0.2) is 17.0 Å². The summed E-state index contributed by atoms with van der Waals surface area (Å²) < 4.78 is 6.63. The van der Waals surface area contributed by atoms with Gasteiger partial charge in [-0.1, -0.05) is 11.6 Å². The number of nitrogen functional groups attached to an aromatic ring is 1. The van der Waals surface area contributed by atoms with E-state index in [9.17, 15) is 10.2 Å². The highest BCUT2D eigenvalue weighted by Crippen LogP contribution is 2.35. The smallest absolute Gasteiger partial charge is 0.223 e. The number of rotatable bonds is 2. The minimum Gasteiger partial charge on any atom is -0.394 e. The molecular weight excluding hydrogens is 325 g/mol. The number of aliphatic hydroxyl groups is 3. The molecule has 2 aromatic rings. The molecule has 1 saturated heterocycles. The molecule has 1 aliphatic heterocycles. The molecule has 0 amide bonds. The van der Waals surface area contributed by atoms with E-state index in [-0.39, 0.29) is 27.5 Å². The maximum Gasteiger partial charge on any atom is 0.223 e. The zero-order valence-electron chi connectivity index (χ0n) is 10.4. The summed E-state index contributed by atoms with van der Waals surface area (Å²) in [5, 5.41) is 28.9. The summed E-state index contributed by atoms with van der Waals surface area (Å²) in [6.07, 6.45) is -4.64. The molecule has 0 bridgehead atoms. The van der Waals surface area contributed by atoms with Gasteiger partial charge < -0.3 is 25.8 Å². The fraction of sp³-hybridized carbons (Fsp3) is 0.500. The summed E-state index contributed by atoms with van der Waals surface area (Å²) in [5.74, 6) is -0.0999. The molecule has 1 aliphatic rings. The molecule has 11 heteroatoms. The van der Waals surface area contributed by atoms with E-state index in [1.165, 1.54) is 4.57 Å². The molecule has 0 aromatic carbocycles. The molecule has 21 heavy (non-hydrogen) atoms. The lowest BCUT2D eigenvalue weighted by atomic mass is 10.1. The normalized spacial score (nSPS) is 29.4. The first-order valence-corrected chi connectivity index (χ1v) is 6.68. The summed E-state index contributed by atoms with van der Waals surface area (Å²) in [4.78, 5) is 11.7. The fourth-order valence-corrected chi connectivity index (χ4v) is 2.72. The molecule has 1 fully saturated rings. The molecule has 0 unspecified atom stereocenters. The summed E-state index contributed by atoms with van der Waals surface area (Å²) in [6.45, 7) is -0.461. The Labute approximate surface area is 127 Å². The average molecular weight is 336 g/mol. The van der Waals surface area contributed by atoms with Crippen LogP contribution in [0.1, 0.15) is 6.23 Å². The predicted octanol–water partition coefficient (Wildman–Crippen LogP) is -0.673. The first kappa shape index (κ1) is 14.7. The van der Waals surface area contributed by atoms with Gasteiger partial charge in [-0.2, -0.15) is 9.97 Å². The second-order valence-electron chi connectivity index (χ2n) is 4.52. The molecule has 0 spiro atoms. The van der Waals surface area contributed by atoms with E-state index in [0.29, 0.717) is 0 Å². The number of nitrogens with two attached hydrogens (primary N) is 1. The Balaban J connectivity index is 2.15. The summed E-state index contributed by atoms with van der Waals surface area (Å²) in [6, 6.07) is 0. The summed E-state index contributed by atoms with van der Waals surface area (Å²) >= 11 is 11.9. The van der Waals surface area contributed by atoms with Crippen LogP contribution in [0.2, 0.25) is 10.4 Å². The number of ether oxygens (including phenoxy) is 1. The molecule has 2 aromatic heterocycles. The van der Waals surface area contributed by atoms with Crippen LogP contribution in [0.25, 0.3) is 11.2 Å². The lowest BCUT2D eigenvalue weighted by Gasteiger charge is -2.17. The van der Waals surface area contributed by atoms with Crippen LogP contribution in [0.3, 0.4) is 0 Å². The van der Waals surface area contributed by atoms with Crippen molar-refractivity contribution < 1.29 is 20.1 Å². The third kappa shape index (κ3) is 2.22. The number of nitrogens with zero attached hydrogens (tertiary/aromatic N) is 4. The number of fused-ring (bicyclic) bond motifs is 1. The van der Waals surface area contributed by atoms with E-state index in [1.54, 1.807) is 0 Å². The van der Waals surface area contributed by atoms with E-state index in [1.807, 2.05) is 0 Å². The second kappa shape index (κ2) is 5.20. The van der Waals surface area contributed by atoms with Gasteiger partial charge in [0.25, 0.3) is 0 Å². The molecule has 5 N–H and O–H groups in total. The number of halogens is 2. The van der Waals surface area contributed by atoms with Crippen LogP contribution in [-0.4, -0.2) is 59.8 Å². The number of aliphatic hydroxyl groups excluding tert-OH is 3. The second-order valence-corrected chi connectivity index (χ2v) is 5.22. The van der Waals surface area contributed by atoms with Gasteiger partial charge in [-0.25, -0.2) is 4.98 Å². The minimum atomic E-state index is -1.33. The third-order valence-corrected chi connectivity index (χ3v) is 3.77. The Morgan fingerprint density at radius 1 is 1.19 bits per heavy atom. The van der Waals surface area contributed by atoms with E-state index < -0.39 is 31.1 Å². The Morgan fingerprint density at radius 3 is 2.52 bits per heavy atom. The van der Waals surface area contributed by atoms with Gasteiger partial charge in [0.2, 0.25) is 11.2 Å². The summed E-state index contributed by atoms with van der Waals surface area (Å²) in [7, 11) is 0. The zero-order chi connectivity index (χ0) is 15.3. The molecule has 0 aliphatic carbocycles. The molecular formula is C10H11Cl2N5O4. The van der Waals surface area contributed by atoms with Gasteiger partial charge in [-0.3, -0.25) is 4.57 Å². The van der Waals surface area contributed by atoms with Gasteiger partial charge in [-0.15, -0.1) is 0 Å². The van der Waals surface area contributed by atoms with Crippen LogP contribution in [-0.2, 0) is 4.74 Å². The van der Waals surface area contributed by atoms with Crippen molar-refractivity contribution in [2.24, 2.45) is 0 Å². The number of aromatic nitrogens is 4. The van der Waals surface area contributed by atoms with Crippen LogP contribution < -0.4 is 5.73 Å². The van der Waals surface area contributed by atoms with E-state index in [2.05, 4.69) is 15.0 Å². The topological polar surface area (TPSA) is 140 Å². The molecule has 9 nitrogen and oxygen atoms in total. The van der Waals surface area contributed by atoms with Gasteiger partial charge in [0.1, 0.15) is 23.8 Å². The highest BCUT2D eigenvalue weighted by molar-refractivity contribution is 6.34. The lowest BCUT2D eigenvalue weighted by Crippen LogP contribution is -2.33. The molecule has 3 heterocycles. The van der Waals surface area contributed by atoms with Crippen molar-refractivity contribution in [3.8, 4) is 0 Å². The molecule has 0 saturated carbocycles. The van der Waals surface area contributed by atoms with Crippen LogP contribution in [0, 0.1) is 0 Å². The highest BCUT2D eigenvalue weighted by Gasteiger charge is 2.44. The first-order chi connectivity index (χ1) is 9.93. The molecule has 3 rings (SSSR count). The van der Waals surface area contributed by atoms with E-state index in [4.69, 9.17) is 38.8 Å². The van der Waals surface area contributed by atoms with Crippen molar-refractivity contribution >= 4 is 40.3 Å². The van der Waals surface area contributed by atoms with Gasteiger partial charge in [0.05, 0.1) is 6.61 Å².